The fourth-order valence-corrected chi connectivity index (χ4v) is 5.62. The molecule has 9 heteroatoms. The van der Waals surface area contributed by atoms with Gasteiger partial charge in [0.2, 0.25) is 5.91 Å². The number of anilines is 2. The van der Waals surface area contributed by atoms with Gasteiger partial charge >= 0.3 is 0 Å². The van der Waals surface area contributed by atoms with Crippen LogP contribution in [0.2, 0.25) is 10.0 Å². The maximum Gasteiger partial charge on any atom is 0.236 e. The molecule has 0 aliphatic carbocycles. The van der Waals surface area contributed by atoms with E-state index in [2.05, 4.69) is 26.6 Å². The van der Waals surface area contributed by atoms with E-state index in [-0.39, 0.29) is 5.91 Å². The van der Waals surface area contributed by atoms with E-state index in [0.717, 1.165) is 15.7 Å². The number of hydrogen-bond donors (Lipinski definition) is 2. The Bertz CT molecular complexity index is 1270. The zero-order valence-corrected chi connectivity index (χ0v) is 21.2. The first-order valence-corrected chi connectivity index (χ1v) is 12.1. The first-order valence-electron chi connectivity index (χ1n) is 10.2. The number of carbonyl (C=O) groups is 1. The Kier molecular flexibility index (Phi) is 5.77. The third-order valence-electron chi connectivity index (χ3n) is 5.92. The van der Waals surface area contributed by atoms with Gasteiger partial charge in [0, 0.05) is 31.5 Å². The summed E-state index contributed by atoms with van der Waals surface area (Å²) in [4.78, 5) is 15.6. The number of benzene rings is 3. The van der Waals surface area contributed by atoms with Crippen LogP contribution in [0.25, 0.3) is 0 Å². The van der Waals surface area contributed by atoms with Crippen LogP contribution in [0, 0.1) is 5.92 Å². The number of nitrogens with one attached hydrogen (secondary N) is 2. The summed E-state index contributed by atoms with van der Waals surface area (Å²) in [6.45, 7) is 1.89. The number of thiocarbonyl (C=S) groups is 1. The van der Waals surface area contributed by atoms with Gasteiger partial charge in [0.25, 0.3) is 0 Å². The third kappa shape index (κ3) is 3.97. The lowest BCUT2D eigenvalue weighted by atomic mass is 9.78. The van der Waals surface area contributed by atoms with Crippen molar-refractivity contribution in [3.05, 3.63) is 86.8 Å². The lowest BCUT2D eigenvalue weighted by Gasteiger charge is -2.56. The molecule has 168 valence electrons. The summed E-state index contributed by atoms with van der Waals surface area (Å²) in [7, 11) is 0. The molecule has 3 aromatic carbocycles. The topological polar surface area (TPSA) is 53.6 Å². The molecule has 2 heterocycles. The van der Waals surface area contributed by atoms with E-state index >= 15 is 0 Å². The predicted octanol–water partition coefficient (Wildman–Crippen LogP) is 6.56. The Balaban J connectivity index is 1.63. The summed E-state index contributed by atoms with van der Waals surface area (Å²) in [5.41, 5.74) is 1.11. The number of hydrogen-bond acceptors (Lipinski definition) is 3. The minimum absolute atomic E-state index is 0.217. The largest absolute Gasteiger partial charge is 0.467 e. The van der Waals surface area contributed by atoms with Crippen LogP contribution in [0.1, 0.15) is 18.5 Å². The van der Waals surface area contributed by atoms with Crippen molar-refractivity contribution in [3.63, 3.8) is 0 Å². The van der Waals surface area contributed by atoms with Crippen molar-refractivity contribution in [3.8, 4) is 5.75 Å². The normalized spacial score (nSPS) is 23.3. The zero-order valence-electron chi connectivity index (χ0n) is 17.3. The highest BCUT2D eigenvalue weighted by molar-refractivity contribution is 9.10. The molecular formula is C24H18BrCl2N3O2S. The molecule has 33 heavy (non-hydrogen) atoms. The van der Waals surface area contributed by atoms with Gasteiger partial charge in [-0.1, -0.05) is 45.2 Å². The zero-order chi connectivity index (χ0) is 23.3. The average molecular weight is 563 g/mol. The highest BCUT2D eigenvalue weighted by atomic mass is 79.9. The Hall–Kier alpha value is -2.32. The number of fused-ring (bicyclic) bond motifs is 4. The second-order valence-corrected chi connectivity index (χ2v) is 10.2. The maximum absolute atomic E-state index is 13.7. The van der Waals surface area contributed by atoms with Crippen molar-refractivity contribution < 1.29 is 9.53 Å². The summed E-state index contributed by atoms with van der Waals surface area (Å²) >= 11 is 21.6. The SMILES string of the molecule is C[C@@]12Oc3ccc(Cl)cc3[C@H](NC(=S)N1c1cccc(Br)c1)[C@@H]2C(=O)Nc1ccc(Cl)cc1. The van der Waals surface area contributed by atoms with Crippen molar-refractivity contribution in [2.45, 2.75) is 18.7 Å². The standard InChI is InChI=1S/C24H18BrCl2N3O2S/c1-24-20(22(31)28-16-8-5-14(26)6-9-16)21(18-12-15(27)7-10-19(18)32-24)29-23(33)30(24)17-4-2-3-13(25)11-17/h2-12,20-21H,1H3,(H,28,31)(H,29,33)/t20-,21+,24+/m1/s1. The molecule has 2 aliphatic heterocycles. The second-order valence-electron chi connectivity index (χ2n) is 8.06. The fourth-order valence-electron chi connectivity index (χ4n) is 4.51. The van der Waals surface area contributed by atoms with E-state index in [9.17, 15) is 4.79 Å². The van der Waals surface area contributed by atoms with Crippen LogP contribution in [0.4, 0.5) is 11.4 Å². The molecule has 0 saturated carbocycles. The Morgan fingerprint density at radius 2 is 1.85 bits per heavy atom. The van der Waals surface area contributed by atoms with E-state index in [0.29, 0.717) is 26.6 Å². The molecular weight excluding hydrogens is 545 g/mol. The fraction of sp³-hybridized carbons (Fsp3) is 0.167. The minimum Gasteiger partial charge on any atom is -0.467 e. The van der Waals surface area contributed by atoms with Crippen LogP contribution < -0.4 is 20.3 Å². The number of rotatable bonds is 3. The molecule has 1 fully saturated rings. The molecule has 1 saturated heterocycles. The quantitative estimate of drug-likeness (QED) is 0.354. The number of ether oxygens (including phenoxy) is 1. The molecule has 2 N–H and O–H groups in total. The summed E-state index contributed by atoms with van der Waals surface area (Å²) in [5, 5.41) is 7.99. The Morgan fingerprint density at radius 1 is 1.12 bits per heavy atom. The van der Waals surface area contributed by atoms with Crippen molar-refractivity contribution >= 4 is 73.7 Å². The van der Waals surface area contributed by atoms with Gasteiger partial charge in [-0.2, -0.15) is 0 Å². The van der Waals surface area contributed by atoms with Crippen molar-refractivity contribution in [1.82, 2.24) is 5.32 Å². The van der Waals surface area contributed by atoms with Crippen LogP contribution in [-0.2, 0) is 4.79 Å². The molecule has 3 aromatic rings. The molecule has 0 radical (unpaired) electrons. The van der Waals surface area contributed by atoms with E-state index in [1.54, 1.807) is 30.3 Å². The summed E-state index contributed by atoms with van der Waals surface area (Å²) in [6, 6.07) is 19.7. The summed E-state index contributed by atoms with van der Waals surface area (Å²) in [5.74, 6) is -0.229. The maximum atomic E-state index is 13.7. The summed E-state index contributed by atoms with van der Waals surface area (Å²) < 4.78 is 7.44. The Morgan fingerprint density at radius 3 is 2.58 bits per heavy atom. The highest BCUT2D eigenvalue weighted by Crippen LogP contribution is 2.50. The van der Waals surface area contributed by atoms with E-state index < -0.39 is 17.7 Å². The monoisotopic (exact) mass is 561 g/mol. The lowest BCUT2D eigenvalue weighted by Crippen LogP contribution is -2.72. The highest BCUT2D eigenvalue weighted by Gasteiger charge is 2.59. The van der Waals surface area contributed by atoms with Crippen molar-refractivity contribution in [2.75, 3.05) is 10.2 Å². The van der Waals surface area contributed by atoms with Gasteiger partial charge in [0.15, 0.2) is 10.8 Å². The van der Waals surface area contributed by atoms with Gasteiger partial charge in [-0.05, 0) is 79.8 Å². The molecule has 5 rings (SSSR count). The Labute approximate surface area is 215 Å². The number of carbonyl (C=O) groups excluding carboxylic acids is 1. The minimum atomic E-state index is -1.11. The van der Waals surface area contributed by atoms with Crippen molar-refractivity contribution in [1.29, 1.82) is 0 Å². The molecule has 2 aliphatic rings. The molecule has 0 aromatic heterocycles. The van der Waals surface area contributed by atoms with Crippen LogP contribution >= 0.6 is 51.3 Å². The van der Waals surface area contributed by atoms with Crippen molar-refractivity contribution in [2.24, 2.45) is 5.92 Å². The number of halogens is 3. The number of nitrogens with zero attached hydrogens (tertiary/aromatic N) is 1. The molecule has 1 amide bonds. The molecule has 3 atom stereocenters. The van der Waals surface area contributed by atoms with Crippen LogP contribution in [0.15, 0.2) is 71.2 Å². The van der Waals surface area contributed by atoms with Gasteiger partial charge in [-0.3, -0.25) is 9.69 Å². The smallest absolute Gasteiger partial charge is 0.236 e. The predicted molar refractivity (Wildman–Crippen MR) is 139 cm³/mol. The van der Waals surface area contributed by atoms with Gasteiger partial charge in [0.05, 0.1) is 6.04 Å². The second kappa shape index (κ2) is 8.47. The van der Waals surface area contributed by atoms with E-state index in [4.69, 9.17) is 40.2 Å². The van der Waals surface area contributed by atoms with Gasteiger partial charge in [-0.15, -0.1) is 0 Å². The van der Waals surface area contributed by atoms with E-state index in [1.807, 2.05) is 48.2 Å². The molecule has 0 spiro atoms. The van der Waals surface area contributed by atoms with Gasteiger partial charge in [-0.25, -0.2) is 0 Å². The first kappa shape index (κ1) is 22.5. The molecule has 0 unspecified atom stereocenters. The van der Waals surface area contributed by atoms with Gasteiger partial charge in [0.1, 0.15) is 11.7 Å². The third-order valence-corrected chi connectivity index (χ3v) is 7.20. The van der Waals surface area contributed by atoms with Crippen LogP contribution in [0.5, 0.6) is 5.75 Å². The van der Waals surface area contributed by atoms with Gasteiger partial charge < -0.3 is 15.4 Å². The van der Waals surface area contributed by atoms with Crippen LogP contribution in [0.3, 0.4) is 0 Å². The summed E-state index contributed by atoms with van der Waals surface area (Å²) in [6.07, 6.45) is 0. The average Bonchev–Trinajstić information content (AvgIpc) is 2.75. The van der Waals surface area contributed by atoms with E-state index in [1.165, 1.54) is 0 Å². The molecule has 5 nitrogen and oxygen atoms in total. The van der Waals surface area contributed by atoms with Crippen LogP contribution in [-0.4, -0.2) is 16.7 Å². The first-order chi connectivity index (χ1) is 15.8. The lowest BCUT2D eigenvalue weighted by molar-refractivity contribution is -0.130. The molecule has 2 bridgehead atoms. The number of amides is 1.